The number of methoxy groups -OCH3 is 1. The van der Waals surface area contributed by atoms with E-state index in [1.807, 2.05) is 12.1 Å². The highest BCUT2D eigenvalue weighted by molar-refractivity contribution is 5.48. The van der Waals surface area contributed by atoms with Gasteiger partial charge in [0.05, 0.1) is 7.11 Å². The summed E-state index contributed by atoms with van der Waals surface area (Å²) in [5.74, 6) is 0.895. The smallest absolute Gasteiger partial charge is 0.125 e. The third kappa shape index (κ3) is 3.39. The highest BCUT2D eigenvalue weighted by atomic mass is 16.5. The number of hydrogen-bond acceptors (Lipinski definition) is 4. The summed E-state index contributed by atoms with van der Waals surface area (Å²) in [5.41, 5.74) is 7.77. The molecule has 2 rings (SSSR count). The van der Waals surface area contributed by atoms with Crippen LogP contribution < -0.4 is 10.5 Å². The molecular formula is C15H25N3O. The van der Waals surface area contributed by atoms with Crippen molar-refractivity contribution in [2.24, 2.45) is 0 Å². The zero-order chi connectivity index (χ0) is 13.8. The molecule has 0 saturated carbocycles. The van der Waals surface area contributed by atoms with Gasteiger partial charge in [0.1, 0.15) is 5.75 Å². The van der Waals surface area contributed by atoms with Crippen LogP contribution in [0.3, 0.4) is 0 Å². The Morgan fingerprint density at radius 1 is 1.37 bits per heavy atom. The molecule has 1 heterocycles. The molecular weight excluding hydrogens is 238 g/mol. The van der Waals surface area contributed by atoms with Gasteiger partial charge in [0, 0.05) is 49.5 Å². The summed E-state index contributed by atoms with van der Waals surface area (Å²) in [6.45, 7) is 6.57. The van der Waals surface area contributed by atoms with E-state index in [9.17, 15) is 0 Å². The molecule has 1 aromatic rings. The van der Waals surface area contributed by atoms with Crippen molar-refractivity contribution in [2.75, 3.05) is 39.5 Å². The normalized spacial score (nSPS) is 21.5. The van der Waals surface area contributed by atoms with E-state index in [0.717, 1.165) is 37.6 Å². The van der Waals surface area contributed by atoms with Crippen LogP contribution in [0.1, 0.15) is 18.9 Å². The fourth-order valence-electron chi connectivity index (χ4n) is 2.73. The molecule has 0 aromatic heterocycles. The van der Waals surface area contributed by atoms with Gasteiger partial charge in [-0.05, 0) is 19.5 Å². The third-order valence-electron chi connectivity index (χ3n) is 4.04. The molecule has 0 radical (unpaired) electrons. The molecule has 1 saturated heterocycles. The average Bonchev–Trinajstić information content (AvgIpc) is 2.42. The van der Waals surface area contributed by atoms with Crippen molar-refractivity contribution in [3.8, 4) is 5.75 Å². The van der Waals surface area contributed by atoms with E-state index < -0.39 is 0 Å². The first-order valence-electron chi connectivity index (χ1n) is 6.99. The van der Waals surface area contributed by atoms with Crippen LogP contribution in [0, 0.1) is 0 Å². The Hall–Kier alpha value is -1.26. The average molecular weight is 263 g/mol. The largest absolute Gasteiger partial charge is 0.496 e. The maximum atomic E-state index is 5.80. The van der Waals surface area contributed by atoms with E-state index in [4.69, 9.17) is 10.5 Å². The molecule has 4 heteroatoms. The lowest BCUT2D eigenvalue weighted by Crippen LogP contribution is -2.50. The molecule has 2 N–H and O–H groups in total. The quantitative estimate of drug-likeness (QED) is 0.841. The molecule has 4 nitrogen and oxygen atoms in total. The number of ether oxygens (including phenoxy) is 1. The number of anilines is 1. The summed E-state index contributed by atoms with van der Waals surface area (Å²) in [6.07, 6.45) is 1.20. The SMILES string of the molecule is CCC1CN(Cc2ccc(N)cc2OC)CCN1C. The zero-order valence-electron chi connectivity index (χ0n) is 12.2. The molecule has 0 aliphatic carbocycles. The van der Waals surface area contributed by atoms with Gasteiger partial charge < -0.3 is 15.4 Å². The van der Waals surface area contributed by atoms with E-state index >= 15 is 0 Å². The van der Waals surface area contributed by atoms with Crippen LogP contribution in [-0.4, -0.2) is 49.6 Å². The van der Waals surface area contributed by atoms with E-state index in [1.54, 1.807) is 7.11 Å². The van der Waals surface area contributed by atoms with E-state index in [1.165, 1.54) is 12.0 Å². The van der Waals surface area contributed by atoms with Crippen LogP contribution in [-0.2, 0) is 6.54 Å². The van der Waals surface area contributed by atoms with Gasteiger partial charge in [-0.1, -0.05) is 13.0 Å². The molecule has 1 aliphatic heterocycles. The second-order valence-electron chi connectivity index (χ2n) is 5.35. The van der Waals surface area contributed by atoms with Gasteiger partial charge in [-0.3, -0.25) is 4.90 Å². The predicted octanol–water partition coefficient (Wildman–Crippen LogP) is 1.80. The molecule has 1 aliphatic rings. The van der Waals surface area contributed by atoms with Crippen molar-refractivity contribution in [1.82, 2.24) is 9.80 Å². The van der Waals surface area contributed by atoms with Crippen LogP contribution in [0.4, 0.5) is 5.69 Å². The van der Waals surface area contributed by atoms with Gasteiger partial charge in [0.2, 0.25) is 0 Å². The van der Waals surface area contributed by atoms with Crippen molar-refractivity contribution >= 4 is 5.69 Å². The lowest BCUT2D eigenvalue weighted by molar-refractivity contribution is 0.0878. The molecule has 106 valence electrons. The standard InChI is InChI=1S/C15H25N3O/c1-4-14-11-18(8-7-17(14)2)10-12-5-6-13(16)9-15(12)19-3/h5-6,9,14H,4,7-8,10-11,16H2,1-3H3. The summed E-state index contributed by atoms with van der Waals surface area (Å²) < 4.78 is 5.42. The minimum absolute atomic E-state index is 0.661. The van der Waals surface area contributed by atoms with Crippen molar-refractivity contribution in [1.29, 1.82) is 0 Å². The molecule has 0 bridgehead atoms. The van der Waals surface area contributed by atoms with E-state index in [2.05, 4.69) is 29.8 Å². The first-order chi connectivity index (χ1) is 9.13. The number of rotatable bonds is 4. The number of hydrogen-bond donors (Lipinski definition) is 1. The molecule has 0 amide bonds. The number of likely N-dealkylation sites (N-methyl/N-ethyl adjacent to an activating group) is 1. The van der Waals surface area contributed by atoms with Gasteiger partial charge in [0.15, 0.2) is 0 Å². The summed E-state index contributed by atoms with van der Waals surface area (Å²) >= 11 is 0. The van der Waals surface area contributed by atoms with Crippen molar-refractivity contribution < 1.29 is 4.74 Å². The molecule has 1 aromatic carbocycles. The third-order valence-corrected chi connectivity index (χ3v) is 4.04. The monoisotopic (exact) mass is 263 g/mol. The molecule has 0 spiro atoms. The molecule has 19 heavy (non-hydrogen) atoms. The Morgan fingerprint density at radius 2 is 2.16 bits per heavy atom. The van der Waals surface area contributed by atoms with Crippen LogP contribution >= 0.6 is 0 Å². The number of nitrogens with two attached hydrogens (primary N) is 1. The fraction of sp³-hybridized carbons (Fsp3) is 0.600. The maximum Gasteiger partial charge on any atom is 0.125 e. The minimum Gasteiger partial charge on any atom is -0.496 e. The Morgan fingerprint density at radius 3 is 2.84 bits per heavy atom. The Balaban J connectivity index is 2.05. The van der Waals surface area contributed by atoms with Gasteiger partial charge in [-0.15, -0.1) is 0 Å². The van der Waals surface area contributed by atoms with Crippen LogP contribution in [0.5, 0.6) is 5.75 Å². The van der Waals surface area contributed by atoms with E-state index in [0.29, 0.717) is 6.04 Å². The lowest BCUT2D eigenvalue weighted by Gasteiger charge is -2.39. The summed E-state index contributed by atoms with van der Waals surface area (Å²) in [6, 6.07) is 6.59. The summed E-state index contributed by atoms with van der Waals surface area (Å²) in [5, 5.41) is 0. The number of nitrogen functional groups attached to an aromatic ring is 1. The van der Waals surface area contributed by atoms with Crippen molar-refractivity contribution in [2.45, 2.75) is 25.9 Å². The summed E-state index contributed by atoms with van der Waals surface area (Å²) in [7, 11) is 3.92. The van der Waals surface area contributed by atoms with Crippen LogP contribution in [0.15, 0.2) is 18.2 Å². The first-order valence-corrected chi connectivity index (χ1v) is 6.99. The topological polar surface area (TPSA) is 41.7 Å². The second kappa shape index (κ2) is 6.26. The van der Waals surface area contributed by atoms with Gasteiger partial charge >= 0.3 is 0 Å². The van der Waals surface area contributed by atoms with E-state index in [-0.39, 0.29) is 0 Å². The Bertz CT molecular complexity index is 422. The minimum atomic E-state index is 0.661. The fourth-order valence-corrected chi connectivity index (χ4v) is 2.73. The molecule has 1 fully saturated rings. The van der Waals surface area contributed by atoms with Crippen molar-refractivity contribution in [3.05, 3.63) is 23.8 Å². The Labute approximate surface area is 116 Å². The van der Waals surface area contributed by atoms with Crippen molar-refractivity contribution in [3.63, 3.8) is 0 Å². The summed E-state index contributed by atoms with van der Waals surface area (Å²) in [4.78, 5) is 4.96. The highest BCUT2D eigenvalue weighted by Gasteiger charge is 2.23. The van der Waals surface area contributed by atoms with Crippen LogP contribution in [0.2, 0.25) is 0 Å². The second-order valence-corrected chi connectivity index (χ2v) is 5.35. The van der Waals surface area contributed by atoms with Gasteiger partial charge in [0.25, 0.3) is 0 Å². The first kappa shape index (κ1) is 14.2. The Kier molecular flexibility index (Phi) is 4.66. The predicted molar refractivity (Wildman–Crippen MR) is 79.4 cm³/mol. The number of benzene rings is 1. The molecule has 1 atom stereocenters. The number of piperazine rings is 1. The molecule has 1 unspecified atom stereocenters. The zero-order valence-corrected chi connectivity index (χ0v) is 12.2. The maximum absolute atomic E-state index is 5.80. The highest BCUT2D eigenvalue weighted by Crippen LogP contribution is 2.24. The number of nitrogens with zero attached hydrogens (tertiary/aromatic N) is 2. The van der Waals surface area contributed by atoms with Gasteiger partial charge in [-0.2, -0.15) is 0 Å². The van der Waals surface area contributed by atoms with Gasteiger partial charge in [-0.25, -0.2) is 0 Å². The van der Waals surface area contributed by atoms with Crippen LogP contribution in [0.25, 0.3) is 0 Å². The lowest BCUT2D eigenvalue weighted by atomic mass is 10.1.